The highest BCUT2D eigenvalue weighted by Gasteiger charge is 2.29. The van der Waals surface area contributed by atoms with Crippen LogP contribution in [0.5, 0.6) is 0 Å². The summed E-state index contributed by atoms with van der Waals surface area (Å²) in [4.78, 5) is 20.8. The molecule has 0 aliphatic heterocycles. The first-order valence-corrected chi connectivity index (χ1v) is 8.53. The molecular weight excluding hydrogens is 384 g/mol. The summed E-state index contributed by atoms with van der Waals surface area (Å²) in [6, 6.07) is 11.3. The van der Waals surface area contributed by atoms with Crippen molar-refractivity contribution in [2.24, 2.45) is 0 Å². The molecule has 0 spiro atoms. The molecule has 128 valence electrons. The van der Waals surface area contributed by atoms with Crippen LogP contribution in [-0.2, 0) is 16.8 Å². The molecule has 3 aromatic rings. The first kappa shape index (κ1) is 17.3. The maximum Gasteiger partial charge on any atom is 0.246 e. The van der Waals surface area contributed by atoms with Crippen molar-refractivity contribution in [2.75, 3.05) is 0 Å². The van der Waals surface area contributed by atoms with Gasteiger partial charge in [0.25, 0.3) is 0 Å². The van der Waals surface area contributed by atoms with Gasteiger partial charge in [0, 0.05) is 22.4 Å². The monoisotopic (exact) mass is 400 g/mol. The lowest BCUT2D eigenvalue weighted by Crippen LogP contribution is -2.39. The molecule has 2 heterocycles. The fraction of sp³-hybridized carbons (Fsp3) is 0.222. The van der Waals surface area contributed by atoms with Crippen LogP contribution in [0.1, 0.15) is 25.3 Å². The lowest BCUT2D eigenvalue weighted by molar-refractivity contribution is -0.125. The first-order valence-electron chi connectivity index (χ1n) is 7.74. The second-order valence-electron chi connectivity index (χ2n) is 6.06. The molecule has 0 bridgehead atoms. The highest BCUT2D eigenvalue weighted by atomic mass is 79.9. The van der Waals surface area contributed by atoms with Gasteiger partial charge in [0.1, 0.15) is 0 Å². The minimum Gasteiger partial charge on any atom is -0.346 e. The maximum absolute atomic E-state index is 12.6. The third kappa shape index (κ3) is 3.93. The molecule has 25 heavy (non-hydrogen) atoms. The Labute approximate surface area is 153 Å². The lowest BCUT2D eigenvalue weighted by atomic mass is 9.84. The Kier molecular flexibility index (Phi) is 4.94. The molecule has 0 aliphatic rings. The van der Waals surface area contributed by atoms with Crippen LogP contribution in [-0.4, -0.2) is 21.0 Å². The molecule has 1 aromatic carbocycles. The smallest absolute Gasteiger partial charge is 0.246 e. The van der Waals surface area contributed by atoms with Gasteiger partial charge in [-0.2, -0.15) is 4.98 Å². The van der Waals surface area contributed by atoms with E-state index in [1.54, 1.807) is 24.5 Å². The fourth-order valence-corrected chi connectivity index (χ4v) is 2.58. The maximum atomic E-state index is 12.6. The van der Waals surface area contributed by atoms with E-state index in [0.29, 0.717) is 11.7 Å². The number of halogens is 1. The van der Waals surface area contributed by atoms with Crippen LogP contribution in [0, 0.1) is 0 Å². The van der Waals surface area contributed by atoms with Gasteiger partial charge < -0.3 is 9.84 Å². The molecule has 2 aromatic heterocycles. The second-order valence-corrected chi connectivity index (χ2v) is 6.98. The Morgan fingerprint density at radius 3 is 2.52 bits per heavy atom. The number of pyridine rings is 1. The van der Waals surface area contributed by atoms with Crippen LogP contribution in [0.25, 0.3) is 11.4 Å². The third-order valence-electron chi connectivity index (χ3n) is 3.94. The van der Waals surface area contributed by atoms with E-state index in [9.17, 15) is 4.79 Å². The van der Waals surface area contributed by atoms with Crippen LogP contribution in [0.3, 0.4) is 0 Å². The molecule has 7 heteroatoms. The van der Waals surface area contributed by atoms with E-state index in [1.807, 2.05) is 38.1 Å². The van der Waals surface area contributed by atoms with Gasteiger partial charge in [-0.15, -0.1) is 0 Å². The van der Waals surface area contributed by atoms with E-state index in [2.05, 4.69) is 36.4 Å². The zero-order chi connectivity index (χ0) is 17.9. The molecule has 0 saturated heterocycles. The van der Waals surface area contributed by atoms with E-state index < -0.39 is 5.41 Å². The van der Waals surface area contributed by atoms with Crippen LogP contribution in [0.15, 0.2) is 57.8 Å². The molecule has 0 radical (unpaired) electrons. The van der Waals surface area contributed by atoms with Gasteiger partial charge in [-0.05, 0) is 43.7 Å². The Morgan fingerprint density at radius 2 is 1.84 bits per heavy atom. The van der Waals surface area contributed by atoms with Crippen LogP contribution in [0.4, 0.5) is 0 Å². The number of hydrogen-bond acceptors (Lipinski definition) is 5. The van der Waals surface area contributed by atoms with Crippen molar-refractivity contribution in [3.05, 3.63) is 64.7 Å². The molecule has 0 fully saturated rings. The summed E-state index contributed by atoms with van der Waals surface area (Å²) in [6.45, 7) is 3.93. The molecule has 1 amide bonds. The fourth-order valence-electron chi connectivity index (χ4n) is 2.32. The van der Waals surface area contributed by atoms with E-state index >= 15 is 0 Å². The summed E-state index contributed by atoms with van der Waals surface area (Å²) in [5.41, 5.74) is 1.07. The van der Waals surface area contributed by atoms with Gasteiger partial charge in [0.15, 0.2) is 0 Å². The van der Waals surface area contributed by atoms with E-state index in [1.165, 1.54) is 0 Å². The van der Waals surface area contributed by atoms with Crippen molar-refractivity contribution in [2.45, 2.75) is 25.8 Å². The quantitative estimate of drug-likeness (QED) is 0.708. The molecule has 0 aliphatic carbocycles. The Balaban J connectivity index is 1.66. The Morgan fingerprint density at radius 1 is 1.16 bits per heavy atom. The summed E-state index contributed by atoms with van der Waals surface area (Å²) in [7, 11) is 0. The van der Waals surface area contributed by atoms with Crippen molar-refractivity contribution in [1.29, 1.82) is 0 Å². The molecule has 3 rings (SSSR count). The number of amides is 1. The topological polar surface area (TPSA) is 80.9 Å². The highest BCUT2D eigenvalue weighted by molar-refractivity contribution is 9.10. The molecule has 1 N–H and O–H groups in total. The molecular formula is C18H17BrN4O2. The normalized spacial score (nSPS) is 11.3. The number of nitrogens with zero attached hydrogens (tertiary/aromatic N) is 3. The number of rotatable bonds is 5. The lowest BCUT2D eigenvalue weighted by Gasteiger charge is -2.23. The minimum absolute atomic E-state index is 0.113. The summed E-state index contributed by atoms with van der Waals surface area (Å²) in [6.07, 6.45) is 3.32. The number of aromatic nitrogens is 3. The van der Waals surface area contributed by atoms with Crippen molar-refractivity contribution >= 4 is 21.8 Å². The van der Waals surface area contributed by atoms with Gasteiger partial charge in [-0.25, -0.2) is 0 Å². The van der Waals surface area contributed by atoms with Gasteiger partial charge in [0.05, 0.1) is 12.0 Å². The zero-order valence-corrected chi connectivity index (χ0v) is 15.4. The number of carbonyl (C=O) groups is 1. The number of carbonyl (C=O) groups excluding carboxylic acids is 1. The van der Waals surface area contributed by atoms with Crippen LogP contribution >= 0.6 is 15.9 Å². The van der Waals surface area contributed by atoms with Crippen molar-refractivity contribution in [1.82, 2.24) is 20.4 Å². The largest absolute Gasteiger partial charge is 0.346 e. The molecule has 0 unspecified atom stereocenters. The summed E-state index contributed by atoms with van der Waals surface area (Å²) in [5, 5.41) is 6.78. The van der Waals surface area contributed by atoms with Crippen molar-refractivity contribution in [3.8, 4) is 11.4 Å². The average molecular weight is 401 g/mol. The Hall–Kier alpha value is -2.54. The van der Waals surface area contributed by atoms with E-state index in [-0.39, 0.29) is 12.5 Å². The van der Waals surface area contributed by atoms with Gasteiger partial charge in [0.2, 0.25) is 17.6 Å². The molecule has 0 atom stereocenters. The van der Waals surface area contributed by atoms with Gasteiger partial charge >= 0.3 is 0 Å². The average Bonchev–Trinajstić information content (AvgIpc) is 3.10. The Bertz CT molecular complexity index is 860. The second kappa shape index (κ2) is 7.14. The summed E-state index contributed by atoms with van der Waals surface area (Å²) in [5.74, 6) is 0.712. The van der Waals surface area contributed by atoms with E-state index in [4.69, 9.17) is 4.52 Å². The van der Waals surface area contributed by atoms with Gasteiger partial charge in [-0.1, -0.05) is 33.2 Å². The van der Waals surface area contributed by atoms with Gasteiger partial charge in [-0.3, -0.25) is 9.78 Å². The van der Waals surface area contributed by atoms with Crippen molar-refractivity contribution < 1.29 is 9.32 Å². The van der Waals surface area contributed by atoms with Crippen molar-refractivity contribution in [3.63, 3.8) is 0 Å². The minimum atomic E-state index is -0.672. The van der Waals surface area contributed by atoms with Crippen LogP contribution in [0.2, 0.25) is 0 Å². The standard InChI is InChI=1S/C18H17BrN4O2/c1-18(2,13-3-5-14(19)6-4-13)17(24)21-11-15-22-16(23-25-15)12-7-9-20-10-8-12/h3-10H,11H2,1-2H3,(H,21,24). The number of nitrogens with one attached hydrogen (secondary N) is 1. The SMILES string of the molecule is CC(C)(C(=O)NCc1nc(-c2ccncc2)no1)c1ccc(Br)cc1. The molecule has 6 nitrogen and oxygen atoms in total. The summed E-state index contributed by atoms with van der Waals surface area (Å²) < 4.78 is 6.18. The number of hydrogen-bond donors (Lipinski definition) is 1. The predicted molar refractivity (Wildman–Crippen MR) is 96.5 cm³/mol. The predicted octanol–water partition coefficient (Wildman–Crippen LogP) is 3.49. The summed E-state index contributed by atoms with van der Waals surface area (Å²) >= 11 is 3.40. The van der Waals surface area contributed by atoms with E-state index in [0.717, 1.165) is 15.6 Å². The first-order chi connectivity index (χ1) is 12.0. The molecule has 0 saturated carbocycles. The third-order valence-corrected chi connectivity index (χ3v) is 4.47. The highest BCUT2D eigenvalue weighted by Crippen LogP contribution is 2.25. The van der Waals surface area contributed by atoms with Crippen LogP contribution < -0.4 is 5.32 Å². The number of benzene rings is 1. The zero-order valence-electron chi connectivity index (χ0n) is 13.9.